The van der Waals surface area contributed by atoms with Crippen molar-refractivity contribution in [3.8, 4) is 0 Å². The number of hydroxylamine groups is 1. The van der Waals surface area contributed by atoms with Gasteiger partial charge in [0, 0.05) is 5.69 Å². The predicted molar refractivity (Wildman–Crippen MR) is 104 cm³/mol. The maximum atomic E-state index is 12.7. The summed E-state index contributed by atoms with van der Waals surface area (Å²) in [5.41, 5.74) is 3.26. The van der Waals surface area contributed by atoms with Gasteiger partial charge in [-0.2, -0.15) is 0 Å². The largest absolute Gasteiger partial charge is 0.344 e. The molecule has 0 aliphatic carbocycles. The summed E-state index contributed by atoms with van der Waals surface area (Å²) in [6, 6.07) is 6.60. The fourth-order valence-electron chi connectivity index (χ4n) is 2.71. The number of unbranched alkanes of at least 4 members (excludes halogenated alkanes) is 1. The molecule has 27 heavy (non-hydrogen) atoms. The van der Waals surface area contributed by atoms with E-state index in [1.54, 1.807) is 17.6 Å². The van der Waals surface area contributed by atoms with Gasteiger partial charge in [0.25, 0.3) is 5.91 Å². The zero-order valence-electron chi connectivity index (χ0n) is 16.5. The van der Waals surface area contributed by atoms with E-state index >= 15 is 0 Å². The van der Waals surface area contributed by atoms with Gasteiger partial charge in [0.2, 0.25) is 11.8 Å². The molecule has 1 aromatic carbocycles. The molecule has 0 aliphatic heterocycles. The molecule has 1 rings (SSSR count). The minimum Gasteiger partial charge on any atom is -0.344 e. The van der Waals surface area contributed by atoms with Gasteiger partial charge in [0.05, 0.1) is 0 Å². The van der Waals surface area contributed by atoms with Crippen molar-refractivity contribution in [3.63, 3.8) is 0 Å². The van der Waals surface area contributed by atoms with Crippen LogP contribution < -0.4 is 16.1 Å². The Morgan fingerprint density at radius 2 is 1.67 bits per heavy atom. The second-order valence-corrected chi connectivity index (χ2v) is 7.22. The number of hydrogen-bond acceptors (Lipinski definition) is 4. The molecule has 1 unspecified atom stereocenters. The van der Waals surface area contributed by atoms with Crippen molar-refractivity contribution in [3.05, 3.63) is 29.8 Å². The van der Waals surface area contributed by atoms with Crippen molar-refractivity contribution in [1.82, 2.24) is 10.8 Å². The van der Waals surface area contributed by atoms with Gasteiger partial charge in [0.1, 0.15) is 12.0 Å². The zero-order chi connectivity index (χ0) is 20.4. The molecule has 3 amide bonds. The normalized spacial score (nSPS) is 13.0. The summed E-state index contributed by atoms with van der Waals surface area (Å²) in [5.74, 6) is -2.51. The van der Waals surface area contributed by atoms with Gasteiger partial charge in [-0.15, -0.1) is 0 Å². The number of carbonyl (C=O) groups excluding carboxylic acids is 3. The molecule has 0 spiro atoms. The number of benzene rings is 1. The molecule has 7 heteroatoms. The highest BCUT2D eigenvalue weighted by molar-refractivity contribution is 6.03. The number of hydrogen-bond donors (Lipinski definition) is 4. The fourth-order valence-corrected chi connectivity index (χ4v) is 2.71. The van der Waals surface area contributed by atoms with Crippen molar-refractivity contribution in [2.24, 2.45) is 11.8 Å². The van der Waals surface area contributed by atoms with E-state index in [0.717, 1.165) is 12.0 Å². The van der Waals surface area contributed by atoms with E-state index in [-0.39, 0.29) is 11.8 Å². The summed E-state index contributed by atoms with van der Waals surface area (Å²) in [7, 11) is 0. The number of amides is 3. The summed E-state index contributed by atoms with van der Waals surface area (Å²) < 4.78 is 0. The van der Waals surface area contributed by atoms with Crippen LogP contribution in [0.25, 0.3) is 0 Å². The highest BCUT2D eigenvalue weighted by atomic mass is 16.5. The highest BCUT2D eigenvalue weighted by Gasteiger charge is 2.30. The Labute approximate surface area is 160 Å². The standard InChI is InChI=1S/C20H31N3O4/c1-5-6-7-16(19(25)23-27)18(24)22-17(12-13(2)3)20(26)21-15-10-8-14(4)9-11-15/h8-11,13,16-17,27H,5-7,12H2,1-4H3,(H,21,26)(H,22,24)(H,23,25)/t16?,17-/m0/s1. The average Bonchev–Trinajstić information content (AvgIpc) is 2.62. The molecular weight excluding hydrogens is 346 g/mol. The van der Waals surface area contributed by atoms with E-state index < -0.39 is 23.8 Å². The molecule has 7 nitrogen and oxygen atoms in total. The molecule has 0 saturated carbocycles. The van der Waals surface area contributed by atoms with E-state index in [4.69, 9.17) is 5.21 Å². The van der Waals surface area contributed by atoms with Crippen LogP contribution in [0.2, 0.25) is 0 Å². The van der Waals surface area contributed by atoms with Crippen molar-refractivity contribution >= 4 is 23.4 Å². The Kier molecular flexibility index (Phi) is 9.50. The van der Waals surface area contributed by atoms with E-state index in [1.165, 1.54) is 0 Å². The average molecular weight is 377 g/mol. The smallest absolute Gasteiger partial charge is 0.255 e. The Morgan fingerprint density at radius 1 is 1.04 bits per heavy atom. The molecule has 0 fully saturated rings. The first kappa shape index (κ1) is 22.6. The number of carbonyl (C=O) groups is 3. The molecule has 0 radical (unpaired) electrons. The fraction of sp³-hybridized carbons (Fsp3) is 0.550. The Morgan fingerprint density at radius 3 is 2.19 bits per heavy atom. The van der Waals surface area contributed by atoms with Crippen LogP contribution in [0.1, 0.15) is 52.0 Å². The molecule has 0 aliphatic rings. The minimum atomic E-state index is -1.03. The zero-order valence-corrected chi connectivity index (χ0v) is 16.5. The first-order valence-corrected chi connectivity index (χ1v) is 9.40. The molecule has 150 valence electrons. The molecule has 0 heterocycles. The lowest BCUT2D eigenvalue weighted by Gasteiger charge is -2.23. The van der Waals surface area contributed by atoms with Crippen LogP contribution in [0.4, 0.5) is 5.69 Å². The molecule has 2 atom stereocenters. The van der Waals surface area contributed by atoms with E-state index in [2.05, 4.69) is 10.6 Å². The topological polar surface area (TPSA) is 108 Å². The van der Waals surface area contributed by atoms with Gasteiger partial charge in [-0.25, -0.2) is 5.48 Å². The second-order valence-electron chi connectivity index (χ2n) is 7.22. The number of nitrogens with one attached hydrogen (secondary N) is 3. The molecule has 0 bridgehead atoms. The highest BCUT2D eigenvalue weighted by Crippen LogP contribution is 2.14. The first-order valence-electron chi connectivity index (χ1n) is 9.40. The summed E-state index contributed by atoms with van der Waals surface area (Å²) in [6.07, 6.45) is 2.22. The molecule has 4 N–H and O–H groups in total. The van der Waals surface area contributed by atoms with E-state index in [1.807, 2.05) is 39.8 Å². The summed E-state index contributed by atoms with van der Waals surface area (Å²) in [5, 5.41) is 14.4. The Hall–Kier alpha value is -2.41. The number of rotatable bonds is 10. The molecule has 1 aromatic rings. The lowest BCUT2D eigenvalue weighted by molar-refractivity contribution is -0.142. The third-order valence-electron chi connectivity index (χ3n) is 4.25. The van der Waals surface area contributed by atoms with Crippen LogP contribution in [0, 0.1) is 18.8 Å². The summed E-state index contributed by atoms with van der Waals surface area (Å²) in [4.78, 5) is 37.1. The van der Waals surface area contributed by atoms with Gasteiger partial charge >= 0.3 is 0 Å². The van der Waals surface area contributed by atoms with Crippen molar-refractivity contribution in [2.45, 2.75) is 59.4 Å². The first-order chi connectivity index (χ1) is 12.8. The van der Waals surface area contributed by atoms with Crippen LogP contribution in [-0.2, 0) is 14.4 Å². The number of anilines is 1. The monoisotopic (exact) mass is 377 g/mol. The maximum Gasteiger partial charge on any atom is 0.255 e. The van der Waals surface area contributed by atoms with Gasteiger partial charge < -0.3 is 10.6 Å². The molecule has 0 aromatic heterocycles. The molecule has 0 saturated heterocycles. The van der Waals surface area contributed by atoms with Gasteiger partial charge in [0.15, 0.2) is 0 Å². The quantitative estimate of drug-likeness (QED) is 0.286. The van der Waals surface area contributed by atoms with Gasteiger partial charge in [-0.05, 0) is 37.8 Å². The van der Waals surface area contributed by atoms with Crippen LogP contribution in [0.15, 0.2) is 24.3 Å². The lowest BCUT2D eigenvalue weighted by Crippen LogP contribution is -2.49. The second kappa shape index (κ2) is 11.3. The van der Waals surface area contributed by atoms with Crippen LogP contribution in [0.3, 0.4) is 0 Å². The molecular formula is C20H31N3O4. The Bertz CT molecular complexity index is 629. The van der Waals surface area contributed by atoms with Gasteiger partial charge in [-0.3, -0.25) is 19.6 Å². The SMILES string of the molecule is CCCCC(C(=O)NO)C(=O)N[C@@H](CC(C)C)C(=O)Nc1ccc(C)cc1. The van der Waals surface area contributed by atoms with Crippen LogP contribution in [0.5, 0.6) is 0 Å². The Balaban J connectivity index is 2.87. The lowest BCUT2D eigenvalue weighted by atomic mass is 9.98. The van der Waals surface area contributed by atoms with Crippen LogP contribution in [-0.4, -0.2) is 29.0 Å². The van der Waals surface area contributed by atoms with Gasteiger partial charge in [-0.1, -0.05) is 51.3 Å². The predicted octanol–water partition coefficient (Wildman–Crippen LogP) is 2.78. The third kappa shape index (κ3) is 7.78. The summed E-state index contributed by atoms with van der Waals surface area (Å²) in [6.45, 7) is 7.80. The summed E-state index contributed by atoms with van der Waals surface area (Å²) >= 11 is 0. The van der Waals surface area contributed by atoms with Crippen molar-refractivity contribution < 1.29 is 19.6 Å². The number of aryl methyl sites for hydroxylation is 1. The third-order valence-corrected chi connectivity index (χ3v) is 4.25. The van der Waals surface area contributed by atoms with Crippen molar-refractivity contribution in [1.29, 1.82) is 0 Å². The maximum absolute atomic E-state index is 12.7. The van der Waals surface area contributed by atoms with E-state index in [0.29, 0.717) is 24.9 Å². The van der Waals surface area contributed by atoms with E-state index in [9.17, 15) is 14.4 Å². The van der Waals surface area contributed by atoms with Crippen LogP contribution >= 0.6 is 0 Å². The van der Waals surface area contributed by atoms with Crippen molar-refractivity contribution in [2.75, 3.05) is 5.32 Å². The minimum absolute atomic E-state index is 0.167.